The number of nitrogens with one attached hydrogen (secondary N) is 1. The fourth-order valence-electron chi connectivity index (χ4n) is 0.785. The van der Waals surface area contributed by atoms with Crippen molar-refractivity contribution in [2.75, 3.05) is 6.61 Å². The summed E-state index contributed by atoms with van der Waals surface area (Å²) in [7, 11) is 0. The van der Waals surface area contributed by atoms with E-state index in [2.05, 4.69) is 5.32 Å². The molecule has 1 heterocycles. The van der Waals surface area contributed by atoms with Crippen molar-refractivity contribution in [3.8, 4) is 0 Å². The molecule has 0 aromatic carbocycles. The standard InChI is InChI=1S/C5H9NO2/c7-4-6-5-2-1-3-8-5/h4-5H,1-3H2,(H,6,7)/t5-/m0/s1. The maximum Gasteiger partial charge on any atom is 0.209 e. The number of ether oxygens (including phenoxy) is 1. The van der Waals surface area contributed by atoms with Crippen LogP contribution in [0, 0.1) is 0 Å². The van der Waals surface area contributed by atoms with Crippen LogP contribution in [0.5, 0.6) is 0 Å². The number of carbonyl (C=O) groups excluding carboxylic acids is 1. The molecule has 3 nitrogen and oxygen atoms in total. The molecule has 0 radical (unpaired) electrons. The van der Waals surface area contributed by atoms with Gasteiger partial charge >= 0.3 is 0 Å². The summed E-state index contributed by atoms with van der Waals surface area (Å²) < 4.78 is 5.05. The fourth-order valence-corrected chi connectivity index (χ4v) is 0.785. The van der Waals surface area contributed by atoms with Crippen LogP contribution in [-0.4, -0.2) is 19.2 Å². The first kappa shape index (κ1) is 5.56. The second-order valence-electron chi connectivity index (χ2n) is 1.79. The van der Waals surface area contributed by atoms with Crippen LogP contribution in [0.3, 0.4) is 0 Å². The van der Waals surface area contributed by atoms with Crippen LogP contribution in [0.15, 0.2) is 0 Å². The molecule has 1 rings (SSSR count). The van der Waals surface area contributed by atoms with Crippen LogP contribution in [-0.2, 0) is 9.53 Å². The Morgan fingerprint density at radius 2 is 2.62 bits per heavy atom. The number of carbonyl (C=O) groups is 1. The number of amides is 1. The highest BCUT2D eigenvalue weighted by molar-refractivity contribution is 5.46. The van der Waals surface area contributed by atoms with Crippen LogP contribution in [0.25, 0.3) is 0 Å². The van der Waals surface area contributed by atoms with Crippen molar-refractivity contribution in [2.24, 2.45) is 0 Å². The van der Waals surface area contributed by atoms with Gasteiger partial charge in [0.15, 0.2) is 0 Å². The van der Waals surface area contributed by atoms with Gasteiger partial charge in [-0.15, -0.1) is 0 Å². The topological polar surface area (TPSA) is 38.3 Å². The van der Waals surface area contributed by atoms with Gasteiger partial charge in [0, 0.05) is 6.61 Å². The molecular weight excluding hydrogens is 106 g/mol. The lowest BCUT2D eigenvalue weighted by atomic mass is 10.3. The highest BCUT2D eigenvalue weighted by Crippen LogP contribution is 2.07. The van der Waals surface area contributed by atoms with Crippen molar-refractivity contribution in [1.82, 2.24) is 5.32 Å². The summed E-state index contributed by atoms with van der Waals surface area (Å²) in [5, 5.41) is 2.54. The molecular formula is C5H9NO2. The van der Waals surface area contributed by atoms with Gasteiger partial charge in [0.05, 0.1) is 0 Å². The van der Waals surface area contributed by atoms with Gasteiger partial charge in [-0.1, -0.05) is 0 Å². The second-order valence-corrected chi connectivity index (χ2v) is 1.79. The highest BCUT2D eigenvalue weighted by atomic mass is 16.5. The van der Waals surface area contributed by atoms with Crippen molar-refractivity contribution in [2.45, 2.75) is 19.1 Å². The Balaban J connectivity index is 2.14. The van der Waals surface area contributed by atoms with Crippen molar-refractivity contribution < 1.29 is 9.53 Å². The molecule has 0 aromatic heterocycles. The minimum Gasteiger partial charge on any atom is -0.359 e. The third-order valence-electron chi connectivity index (χ3n) is 1.18. The first-order valence-corrected chi connectivity index (χ1v) is 2.75. The Morgan fingerprint density at radius 3 is 3.12 bits per heavy atom. The van der Waals surface area contributed by atoms with E-state index >= 15 is 0 Å². The average Bonchev–Trinajstić information content (AvgIpc) is 2.19. The van der Waals surface area contributed by atoms with E-state index in [0.29, 0.717) is 6.41 Å². The molecule has 8 heavy (non-hydrogen) atoms. The molecule has 1 fully saturated rings. The molecule has 1 N–H and O–H groups in total. The monoisotopic (exact) mass is 115 g/mol. The zero-order valence-electron chi connectivity index (χ0n) is 4.59. The third kappa shape index (κ3) is 1.20. The molecule has 0 saturated carbocycles. The van der Waals surface area contributed by atoms with Crippen molar-refractivity contribution in [1.29, 1.82) is 0 Å². The second kappa shape index (κ2) is 2.67. The Bertz CT molecular complexity index is 78.5. The fraction of sp³-hybridized carbons (Fsp3) is 0.800. The molecule has 0 spiro atoms. The largest absolute Gasteiger partial charge is 0.359 e. The van der Waals surface area contributed by atoms with E-state index in [1.54, 1.807) is 0 Å². The molecule has 0 aromatic rings. The Labute approximate surface area is 48.0 Å². The van der Waals surface area contributed by atoms with Crippen molar-refractivity contribution in [3.63, 3.8) is 0 Å². The highest BCUT2D eigenvalue weighted by Gasteiger charge is 2.12. The smallest absolute Gasteiger partial charge is 0.209 e. The van der Waals surface area contributed by atoms with Crippen LogP contribution in [0.1, 0.15) is 12.8 Å². The normalized spacial score (nSPS) is 27.8. The molecule has 0 aliphatic carbocycles. The van der Waals surface area contributed by atoms with Gasteiger partial charge in [0.1, 0.15) is 6.23 Å². The van der Waals surface area contributed by atoms with E-state index in [-0.39, 0.29) is 6.23 Å². The number of hydrogen-bond donors (Lipinski definition) is 1. The molecule has 0 bridgehead atoms. The van der Waals surface area contributed by atoms with Crippen LogP contribution in [0.4, 0.5) is 0 Å². The molecule has 0 unspecified atom stereocenters. The van der Waals surface area contributed by atoms with Gasteiger partial charge in [-0.25, -0.2) is 0 Å². The van der Waals surface area contributed by atoms with E-state index in [0.717, 1.165) is 19.4 Å². The minimum atomic E-state index is -0.00694. The van der Waals surface area contributed by atoms with Crippen molar-refractivity contribution >= 4 is 6.41 Å². The minimum absolute atomic E-state index is 0.00694. The van der Waals surface area contributed by atoms with E-state index in [9.17, 15) is 4.79 Å². The van der Waals surface area contributed by atoms with E-state index in [1.807, 2.05) is 0 Å². The first-order valence-electron chi connectivity index (χ1n) is 2.75. The van der Waals surface area contributed by atoms with Crippen LogP contribution in [0.2, 0.25) is 0 Å². The third-order valence-corrected chi connectivity index (χ3v) is 1.18. The zero-order valence-corrected chi connectivity index (χ0v) is 4.59. The molecule has 1 saturated heterocycles. The molecule has 3 heteroatoms. The van der Waals surface area contributed by atoms with Gasteiger partial charge in [0.2, 0.25) is 6.41 Å². The van der Waals surface area contributed by atoms with Gasteiger partial charge in [0.25, 0.3) is 0 Å². The zero-order chi connectivity index (χ0) is 5.82. The lowest BCUT2D eigenvalue weighted by molar-refractivity contribution is -0.112. The number of rotatable bonds is 2. The van der Waals surface area contributed by atoms with Crippen LogP contribution >= 0.6 is 0 Å². The predicted molar refractivity (Wildman–Crippen MR) is 28.2 cm³/mol. The molecule has 1 aliphatic rings. The summed E-state index contributed by atoms with van der Waals surface area (Å²) in [5.41, 5.74) is 0. The lowest BCUT2D eigenvalue weighted by Gasteiger charge is -2.04. The maximum absolute atomic E-state index is 9.77. The van der Waals surface area contributed by atoms with E-state index in [1.165, 1.54) is 0 Å². The molecule has 1 aliphatic heterocycles. The summed E-state index contributed by atoms with van der Waals surface area (Å²) in [4.78, 5) is 9.77. The maximum atomic E-state index is 9.77. The summed E-state index contributed by atoms with van der Waals surface area (Å²) in [6.07, 6.45) is 2.69. The SMILES string of the molecule is O=CN[C@@H]1CCCO1. The van der Waals surface area contributed by atoms with Gasteiger partial charge in [-0.3, -0.25) is 4.79 Å². The Kier molecular flexibility index (Phi) is 1.86. The van der Waals surface area contributed by atoms with Gasteiger partial charge in [-0.2, -0.15) is 0 Å². The Morgan fingerprint density at radius 1 is 1.75 bits per heavy atom. The predicted octanol–water partition coefficient (Wildman–Crippen LogP) is -0.131. The average molecular weight is 115 g/mol. The molecule has 1 atom stereocenters. The molecule has 1 amide bonds. The summed E-state index contributed by atoms with van der Waals surface area (Å²) in [5.74, 6) is 0. The van der Waals surface area contributed by atoms with Gasteiger partial charge in [-0.05, 0) is 12.8 Å². The summed E-state index contributed by atoms with van der Waals surface area (Å²) in [6, 6.07) is 0. The van der Waals surface area contributed by atoms with Gasteiger partial charge < -0.3 is 10.1 Å². The summed E-state index contributed by atoms with van der Waals surface area (Å²) in [6.45, 7) is 0.783. The quantitative estimate of drug-likeness (QED) is 0.509. The van der Waals surface area contributed by atoms with Crippen LogP contribution < -0.4 is 5.32 Å². The Hall–Kier alpha value is -0.570. The number of hydrogen-bond acceptors (Lipinski definition) is 2. The lowest BCUT2D eigenvalue weighted by Crippen LogP contribution is -2.25. The van der Waals surface area contributed by atoms with Crippen molar-refractivity contribution in [3.05, 3.63) is 0 Å². The molecule has 46 valence electrons. The van der Waals surface area contributed by atoms with E-state index in [4.69, 9.17) is 4.74 Å². The first-order chi connectivity index (χ1) is 3.93. The summed E-state index contributed by atoms with van der Waals surface area (Å²) >= 11 is 0. The van der Waals surface area contributed by atoms with E-state index < -0.39 is 0 Å².